The quantitative estimate of drug-likeness (QED) is 0.166. The highest BCUT2D eigenvalue weighted by Crippen LogP contribution is 2.37. The molecular weight excluding hydrogens is 689 g/mol. The van der Waals surface area contributed by atoms with Crippen molar-refractivity contribution in [1.82, 2.24) is 28.9 Å². The minimum Gasteiger partial charge on any atom is -0.290 e. The topological polar surface area (TPSA) is 78.0 Å². The lowest BCUT2D eigenvalue weighted by atomic mass is 10.0. The Morgan fingerprint density at radius 1 is 0.393 bits per heavy atom. The van der Waals surface area contributed by atoms with E-state index in [2.05, 4.69) is 65.1 Å². The first-order valence-corrected chi connectivity index (χ1v) is 18.5. The van der Waals surface area contributed by atoms with Crippen molar-refractivity contribution >= 4 is 49.3 Å². The van der Waals surface area contributed by atoms with Crippen LogP contribution >= 0.6 is 0 Å². The molecule has 0 atom stereocenters. The summed E-state index contributed by atoms with van der Waals surface area (Å²) in [5, 5.41) is 3.52. The maximum Gasteiger partial charge on any atom is 0.263 e. The van der Waals surface area contributed by atoms with E-state index >= 15 is 0 Å². The first-order chi connectivity index (χ1) is 27.7. The Labute approximate surface area is 320 Å². The number of hydrogen-bond donors (Lipinski definition) is 0. The third-order valence-electron chi connectivity index (χ3n) is 10.6. The summed E-state index contributed by atoms with van der Waals surface area (Å²) in [6.07, 6.45) is 0. The minimum atomic E-state index is -0.130. The van der Waals surface area contributed by atoms with Crippen LogP contribution in [0, 0.1) is 0 Å². The van der Waals surface area contributed by atoms with E-state index < -0.39 is 0 Å². The smallest absolute Gasteiger partial charge is 0.263 e. The molecule has 0 bridgehead atoms. The number of benzene rings is 7. The Morgan fingerprint density at radius 2 is 0.911 bits per heavy atom. The van der Waals surface area contributed by atoms with E-state index in [1.54, 1.807) is 0 Å². The number of rotatable bonds is 5. The molecule has 0 aliphatic heterocycles. The lowest BCUT2D eigenvalue weighted by Gasteiger charge is -2.17. The molecule has 262 valence electrons. The Hall–Kier alpha value is -7.77. The third-order valence-corrected chi connectivity index (χ3v) is 10.6. The average Bonchev–Trinajstić information content (AvgIpc) is 3.67. The SMILES string of the molecule is O=c1c2ccccc2c2c3ccccc3n3c4ccccc4nc3c2n1-c1cccc(-c2nc(-c3ccccc3)nc(-c3ccc(-c4ccccc4)cc3)n2)c1. The van der Waals surface area contributed by atoms with Crippen LogP contribution in [0.4, 0.5) is 0 Å². The van der Waals surface area contributed by atoms with Gasteiger partial charge in [-0.25, -0.2) is 19.9 Å². The molecule has 7 heteroatoms. The lowest BCUT2D eigenvalue weighted by molar-refractivity contribution is 1.05. The van der Waals surface area contributed by atoms with Crippen LogP contribution in [0.1, 0.15) is 0 Å². The van der Waals surface area contributed by atoms with Gasteiger partial charge in [0, 0.05) is 32.8 Å². The Balaban J connectivity index is 1.16. The summed E-state index contributed by atoms with van der Waals surface area (Å²) in [5.74, 6) is 1.63. The maximum absolute atomic E-state index is 14.9. The number of pyridine rings is 2. The van der Waals surface area contributed by atoms with Crippen LogP contribution in [0.3, 0.4) is 0 Å². The van der Waals surface area contributed by atoms with E-state index in [1.807, 2.05) is 126 Å². The second-order valence-electron chi connectivity index (χ2n) is 13.9. The fourth-order valence-electron chi connectivity index (χ4n) is 7.97. The predicted octanol–water partition coefficient (Wildman–Crippen LogP) is 11.0. The Bertz CT molecular complexity index is 3370. The van der Waals surface area contributed by atoms with E-state index in [0.717, 1.165) is 66.0 Å². The van der Waals surface area contributed by atoms with Crippen molar-refractivity contribution in [3.05, 3.63) is 192 Å². The van der Waals surface area contributed by atoms with E-state index in [1.165, 1.54) is 0 Å². The summed E-state index contributed by atoms with van der Waals surface area (Å²) < 4.78 is 3.99. The van der Waals surface area contributed by atoms with Crippen LogP contribution in [0.25, 0.3) is 100 Å². The predicted molar refractivity (Wildman–Crippen MR) is 226 cm³/mol. The van der Waals surface area contributed by atoms with Gasteiger partial charge < -0.3 is 0 Å². The van der Waals surface area contributed by atoms with Crippen LogP contribution in [-0.4, -0.2) is 28.9 Å². The summed E-state index contributed by atoms with van der Waals surface area (Å²) in [7, 11) is 0. The summed E-state index contributed by atoms with van der Waals surface area (Å²) in [4.78, 5) is 35.1. The van der Waals surface area contributed by atoms with Crippen molar-refractivity contribution in [1.29, 1.82) is 0 Å². The minimum absolute atomic E-state index is 0.130. The first kappa shape index (κ1) is 31.7. The normalized spacial score (nSPS) is 11.6. The van der Waals surface area contributed by atoms with E-state index in [-0.39, 0.29) is 5.56 Å². The molecule has 0 fully saturated rings. The summed E-state index contributed by atoms with van der Waals surface area (Å²) in [6, 6.07) is 60.8. The van der Waals surface area contributed by atoms with Crippen LogP contribution in [0.5, 0.6) is 0 Å². The molecule has 0 N–H and O–H groups in total. The van der Waals surface area contributed by atoms with Crippen LogP contribution < -0.4 is 5.56 Å². The molecule has 4 heterocycles. The zero-order chi connectivity index (χ0) is 37.2. The standard InChI is InChI=1S/C49H30N6O/c56-49-38-21-8-7-20-37(38)43-39-22-9-11-24-41(39)55-42-25-12-10-23-40(42)50-48(55)44(43)54(49)36-19-13-18-35(30-36)47-52-45(33-16-5-2-6-17-33)51-46(53-47)34-28-26-32(27-29-34)31-14-3-1-4-15-31/h1-30H. The number of nitrogens with zero attached hydrogens (tertiary/aromatic N) is 6. The molecule has 0 radical (unpaired) electrons. The fourth-order valence-corrected chi connectivity index (χ4v) is 7.97. The van der Waals surface area contributed by atoms with Gasteiger partial charge in [-0.15, -0.1) is 0 Å². The largest absolute Gasteiger partial charge is 0.290 e. The molecule has 0 aliphatic carbocycles. The highest BCUT2D eigenvalue weighted by atomic mass is 16.1. The zero-order valence-corrected chi connectivity index (χ0v) is 29.9. The highest BCUT2D eigenvalue weighted by molar-refractivity contribution is 6.23. The summed E-state index contributed by atoms with van der Waals surface area (Å²) >= 11 is 0. The van der Waals surface area contributed by atoms with E-state index in [9.17, 15) is 4.79 Å². The molecule has 0 unspecified atom stereocenters. The van der Waals surface area contributed by atoms with Gasteiger partial charge in [-0.3, -0.25) is 13.8 Å². The molecule has 0 amide bonds. The monoisotopic (exact) mass is 718 g/mol. The van der Waals surface area contributed by atoms with Gasteiger partial charge in [-0.05, 0) is 52.9 Å². The van der Waals surface area contributed by atoms with Crippen molar-refractivity contribution in [3.8, 4) is 51.0 Å². The molecular formula is C49H30N6O. The van der Waals surface area contributed by atoms with E-state index in [0.29, 0.717) is 34.2 Å². The zero-order valence-electron chi connectivity index (χ0n) is 29.9. The molecule has 0 saturated heterocycles. The van der Waals surface area contributed by atoms with Crippen molar-refractivity contribution in [2.45, 2.75) is 0 Å². The second kappa shape index (κ2) is 12.7. The van der Waals surface area contributed by atoms with Crippen molar-refractivity contribution in [2.75, 3.05) is 0 Å². The Morgan fingerprint density at radius 3 is 1.64 bits per heavy atom. The lowest BCUT2D eigenvalue weighted by Crippen LogP contribution is -2.20. The molecule has 7 nitrogen and oxygen atoms in total. The van der Waals surface area contributed by atoms with Crippen LogP contribution in [0.2, 0.25) is 0 Å². The third kappa shape index (κ3) is 5.02. The number of aromatic nitrogens is 6. The van der Waals surface area contributed by atoms with Crippen molar-refractivity contribution in [2.24, 2.45) is 0 Å². The second-order valence-corrected chi connectivity index (χ2v) is 13.9. The van der Waals surface area contributed by atoms with Crippen molar-refractivity contribution in [3.63, 3.8) is 0 Å². The van der Waals surface area contributed by atoms with Gasteiger partial charge in [0.1, 0.15) is 5.52 Å². The fraction of sp³-hybridized carbons (Fsp3) is 0. The van der Waals surface area contributed by atoms with Gasteiger partial charge in [0.25, 0.3) is 5.56 Å². The van der Waals surface area contributed by atoms with Crippen LogP contribution in [0.15, 0.2) is 187 Å². The molecule has 11 aromatic rings. The number of imidazole rings is 1. The molecule has 0 aliphatic rings. The first-order valence-electron chi connectivity index (χ1n) is 18.5. The van der Waals surface area contributed by atoms with Gasteiger partial charge in [0.2, 0.25) is 0 Å². The number of para-hydroxylation sites is 3. The van der Waals surface area contributed by atoms with E-state index in [4.69, 9.17) is 19.9 Å². The van der Waals surface area contributed by atoms with Gasteiger partial charge in [0.15, 0.2) is 23.1 Å². The van der Waals surface area contributed by atoms with Crippen LogP contribution in [-0.2, 0) is 0 Å². The van der Waals surface area contributed by atoms with Gasteiger partial charge in [0.05, 0.1) is 22.2 Å². The molecule has 4 aromatic heterocycles. The molecule has 56 heavy (non-hydrogen) atoms. The highest BCUT2D eigenvalue weighted by Gasteiger charge is 2.22. The average molecular weight is 719 g/mol. The summed E-state index contributed by atoms with van der Waals surface area (Å²) in [5.41, 5.74) is 9.61. The van der Waals surface area contributed by atoms with Gasteiger partial charge in [-0.1, -0.05) is 146 Å². The summed E-state index contributed by atoms with van der Waals surface area (Å²) in [6.45, 7) is 0. The van der Waals surface area contributed by atoms with Gasteiger partial charge >= 0.3 is 0 Å². The molecule has 0 spiro atoms. The number of hydrogen-bond acceptors (Lipinski definition) is 5. The maximum atomic E-state index is 14.9. The van der Waals surface area contributed by atoms with Gasteiger partial charge in [-0.2, -0.15) is 0 Å². The molecule has 0 saturated carbocycles. The Kier molecular flexibility index (Phi) is 7.18. The van der Waals surface area contributed by atoms with Crippen molar-refractivity contribution < 1.29 is 0 Å². The number of fused-ring (bicyclic) bond motifs is 10. The molecule has 7 aromatic carbocycles. The molecule has 11 rings (SSSR count).